The monoisotopic (exact) mass is 896 g/mol. The molecule has 14 nitrogen and oxygen atoms in total. The maximum Gasteiger partial charge on any atom is 0.316 e. The summed E-state index contributed by atoms with van der Waals surface area (Å²) in [6.45, 7) is 11.7. The molecule has 0 amide bonds. The summed E-state index contributed by atoms with van der Waals surface area (Å²) in [5, 5.41) is 12.5. The normalized spacial score (nSPS) is 47.2. The topological polar surface area (TPSA) is 164 Å². The Morgan fingerprint density at radius 2 is 1.62 bits per heavy atom. The Hall–Kier alpha value is -2.63. The van der Waals surface area contributed by atoms with E-state index in [0.29, 0.717) is 55.1 Å². The number of allylic oxidation sites excluding steroid dienone is 2. The van der Waals surface area contributed by atoms with E-state index >= 15 is 0 Å². The van der Waals surface area contributed by atoms with Gasteiger partial charge in [-0.1, -0.05) is 63.5 Å². The highest BCUT2D eigenvalue weighted by atomic mass is 16.7. The van der Waals surface area contributed by atoms with E-state index in [1.54, 1.807) is 33.1 Å². The summed E-state index contributed by atoms with van der Waals surface area (Å²) >= 11 is 0. The summed E-state index contributed by atoms with van der Waals surface area (Å²) in [6.07, 6.45) is 12.3. The van der Waals surface area contributed by atoms with Crippen molar-refractivity contribution >= 4 is 17.5 Å². The number of methoxy groups -OCH3 is 2. The van der Waals surface area contributed by atoms with Crippen molar-refractivity contribution in [2.24, 2.45) is 23.7 Å². The van der Waals surface area contributed by atoms with Gasteiger partial charge >= 0.3 is 5.97 Å². The molecule has 2 bridgehead atoms. The number of hydrogen-bond donors (Lipinski definition) is 1. The largest absolute Gasteiger partial charge is 0.462 e. The summed E-state index contributed by atoms with van der Waals surface area (Å²) in [4.78, 5) is 40.4. The van der Waals surface area contributed by atoms with Crippen LogP contribution in [0.25, 0.3) is 0 Å². The van der Waals surface area contributed by atoms with Crippen molar-refractivity contribution in [3.05, 3.63) is 47.1 Å². The number of esters is 1. The van der Waals surface area contributed by atoms with Crippen LogP contribution in [0.1, 0.15) is 119 Å². The molecule has 0 radical (unpaired) electrons. The second-order valence-corrected chi connectivity index (χ2v) is 20.0. The van der Waals surface area contributed by atoms with Crippen molar-refractivity contribution < 1.29 is 66.9 Å². The highest BCUT2D eigenvalue weighted by Gasteiger charge is 2.60. The first-order valence-corrected chi connectivity index (χ1v) is 24.0. The Balaban J connectivity index is 1.08. The van der Waals surface area contributed by atoms with E-state index in [4.69, 9.17) is 47.4 Å². The average Bonchev–Trinajstić information content (AvgIpc) is 3.62. The van der Waals surface area contributed by atoms with Gasteiger partial charge in [0, 0.05) is 52.2 Å². The molecule has 0 aromatic rings. The zero-order valence-electron chi connectivity index (χ0n) is 39.1. The zero-order valence-corrected chi connectivity index (χ0v) is 39.1. The Kier molecular flexibility index (Phi) is 14.9. The molecular weight excluding hydrogens is 825 g/mol. The SMILES string of the molecule is CO[C@@H]1C[C@H](O[C@H]2C(C)O[C@@H](O[C@@H]3/C(C)=C/C[C@@H]4C[C@@H](CC5(CC[C@H](C)[C@@H](C6CCCCC6)O5)O4)OC(=O)[C@@H]4C=C(C)C(=O)[C@H]5OC/C(=C\C=C\[C@@H]3C)[C@]54O)C[C@H]2OC)OC(C)C1=O. The predicted octanol–water partition coefficient (Wildman–Crippen LogP) is 6.55. The minimum absolute atomic E-state index is 0.0187. The lowest BCUT2D eigenvalue weighted by Crippen LogP contribution is -2.57. The fourth-order valence-electron chi connectivity index (χ4n) is 11.8. The third-order valence-corrected chi connectivity index (χ3v) is 15.5. The van der Waals surface area contributed by atoms with Crippen LogP contribution in [0.2, 0.25) is 0 Å². The van der Waals surface area contributed by atoms with Gasteiger partial charge in [0.1, 0.15) is 35.9 Å². The van der Waals surface area contributed by atoms with Crippen LogP contribution in [0.3, 0.4) is 0 Å². The van der Waals surface area contributed by atoms with E-state index in [2.05, 4.69) is 26.8 Å². The van der Waals surface area contributed by atoms with Crippen molar-refractivity contribution in [1.29, 1.82) is 0 Å². The molecule has 3 unspecified atom stereocenters. The van der Waals surface area contributed by atoms with E-state index in [1.165, 1.54) is 26.4 Å². The van der Waals surface area contributed by atoms with Crippen LogP contribution in [-0.4, -0.2) is 128 Å². The van der Waals surface area contributed by atoms with Crippen molar-refractivity contribution in [3.63, 3.8) is 0 Å². The van der Waals surface area contributed by atoms with Gasteiger partial charge in [-0.15, -0.1) is 0 Å². The Labute approximate surface area is 378 Å². The van der Waals surface area contributed by atoms with E-state index in [9.17, 15) is 19.5 Å². The van der Waals surface area contributed by atoms with Gasteiger partial charge in [-0.25, -0.2) is 0 Å². The molecule has 6 fully saturated rings. The second kappa shape index (κ2) is 19.9. The molecule has 0 aromatic carbocycles. The first-order chi connectivity index (χ1) is 30.6. The van der Waals surface area contributed by atoms with E-state index < -0.39 is 84.7 Å². The minimum Gasteiger partial charge on any atom is -0.462 e. The number of fused-ring (bicyclic) bond motifs is 2. The molecule has 1 saturated carbocycles. The van der Waals surface area contributed by atoms with Gasteiger partial charge in [0.25, 0.3) is 0 Å². The van der Waals surface area contributed by atoms with Gasteiger partial charge < -0.3 is 52.5 Å². The summed E-state index contributed by atoms with van der Waals surface area (Å²) in [6, 6.07) is 0. The summed E-state index contributed by atoms with van der Waals surface area (Å²) in [7, 11) is 3.15. The van der Waals surface area contributed by atoms with Gasteiger partial charge in [0.2, 0.25) is 0 Å². The lowest BCUT2D eigenvalue weighted by molar-refractivity contribution is -0.342. The third kappa shape index (κ3) is 9.70. The number of ether oxygens (including phenoxy) is 10. The number of rotatable bonds is 7. The van der Waals surface area contributed by atoms with E-state index in [-0.39, 0.29) is 42.7 Å². The molecule has 1 spiro atoms. The first-order valence-electron chi connectivity index (χ1n) is 24.0. The Morgan fingerprint density at radius 3 is 2.38 bits per heavy atom. The quantitative estimate of drug-likeness (QED) is 0.216. The number of hydrogen-bond acceptors (Lipinski definition) is 14. The van der Waals surface area contributed by atoms with Crippen LogP contribution >= 0.6 is 0 Å². The van der Waals surface area contributed by atoms with Crippen LogP contribution in [0.4, 0.5) is 0 Å². The molecule has 6 heterocycles. The van der Waals surface area contributed by atoms with Gasteiger partial charge in [-0.2, -0.15) is 0 Å². The highest BCUT2D eigenvalue weighted by Crippen LogP contribution is 2.48. The van der Waals surface area contributed by atoms with E-state index in [0.717, 1.165) is 24.8 Å². The molecule has 8 rings (SSSR count). The minimum atomic E-state index is -1.92. The van der Waals surface area contributed by atoms with Crippen molar-refractivity contribution in [2.45, 2.75) is 204 Å². The fraction of sp³-hybridized carbons (Fsp3) is 0.780. The molecule has 17 atom stereocenters. The highest BCUT2D eigenvalue weighted by molar-refractivity contribution is 6.03. The van der Waals surface area contributed by atoms with Crippen LogP contribution in [0.5, 0.6) is 0 Å². The van der Waals surface area contributed by atoms with Gasteiger partial charge in [-0.3, -0.25) is 14.4 Å². The maximum atomic E-state index is 14.4. The standard InChI is InChI=1S/C50H72O14/c1-27-13-12-16-34-26-57-47-42(51)30(4)21-37(50(34,47)54)48(53)60-36-22-35(63-49(25-36)20-19-29(3)45(64-49)33-14-10-9-11-15-33)18-17-28(2)44(27)61-41-24-39(56-8)46(32(6)59-41)62-40-23-38(55-7)43(52)31(5)58-40/h12-13,16-17,21,27,29,31-33,35-41,44-47,54H,9-11,14-15,18-20,22-26H2,1-8H3/b13-12+,28-17+,34-16+/t27-,29-,31?,32?,35+,36-,37-,38+,39+,40-,41-,44-,45-,46-,47+,49?,50+/m0/s1. The fourth-order valence-corrected chi connectivity index (χ4v) is 11.8. The van der Waals surface area contributed by atoms with Crippen molar-refractivity contribution in [1.82, 2.24) is 0 Å². The van der Waals surface area contributed by atoms with Crippen LogP contribution in [-0.2, 0) is 61.8 Å². The van der Waals surface area contributed by atoms with Gasteiger partial charge in [0.15, 0.2) is 36.0 Å². The molecule has 1 N–H and O–H groups in total. The zero-order chi connectivity index (χ0) is 45.5. The molecule has 5 saturated heterocycles. The number of Topliss-reactive ketones (excluding diaryl/α,β-unsaturated/α-hetero) is 2. The number of aliphatic hydroxyl groups is 1. The molecule has 64 heavy (non-hydrogen) atoms. The van der Waals surface area contributed by atoms with Crippen LogP contribution < -0.4 is 0 Å². The van der Waals surface area contributed by atoms with E-state index in [1.807, 2.05) is 19.1 Å². The molecular formula is C50H72O14. The van der Waals surface area contributed by atoms with Crippen molar-refractivity contribution in [3.8, 4) is 0 Å². The smallest absolute Gasteiger partial charge is 0.316 e. The predicted molar refractivity (Wildman–Crippen MR) is 233 cm³/mol. The number of carbonyl (C=O) groups excluding carboxylic acids is 3. The lowest BCUT2D eigenvalue weighted by Gasteiger charge is -2.51. The van der Waals surface area contributed by atoms with Crippen molar-refractivity contribution in [2.75, 3.05) is 20.8 Å². The molecule has 8 aliphatic rings. The molecule has 0 aromatic heterocycles. The van der Waals surface area contributed by atoms with Crippen LogP contribution in [0.15, 0.2) is 47.1 Å². The summed E-state index contributed by atoms with van der Waals surface area (Å²) in [5.74, 6) is -2.50. The lowest BCUT2D eigenvalue weighted by atomic mass is 9.71. The number of ketones is 2. The van der Waals surface area contributed by atoms with Crippen LogP contribution in [0, 0.1) is 23.7 Å². The Bertz CT molecular complexity index is 1830. The molecule has 6 aliphatic heterocycles. The van der Waals surface area contributed by atoms with Gasteiger partial charge in [0.05, 0.1) is 37.1 Å². The molecule has 14 heteroatoms. The number of carbonyl (C=O) groups is 3. The Morgan fingerprint density at radius 1 is 0.859 bits per heavy atom. The maximum absolute atomic E-state index is 14.4. The second-order valence-electron chi connectivity index (χ2n) is 20.0. The third-order valence-electron chi connectivity index (χ3n) is 15.5. The van der Waals surface area contributed by atoms with Gasteiger partial charge in [-0.05, 0) is 81.9 Å². The molecule has 356 valence electrons. The summed E-state index contributed by atoms with van der Waals surface area (Å²) < 4.78 is 63.9. The first kappa shape index (κ1) is 47.8. The molecule has 2 aliphatic carbocycles. The average molecular weight is 897 g/mol. The summed E-state index contributed by atoms with van der Waals surface area (Å²) in [5.41, 5.74) is -0.166.